The molecule has 1 aromatic rings. The number of amides is 1. The number of halogens is 1. The minimum atomic E-state index is -0.167. The van der Waals surface area contributed by atoms with Gasteiger partial charge >= 0.3 is 0 Å². The highest BCUT2D eigenvalue weighted by molar-refractivity contribution is 9.10. The molecule has 21 heavy (non-hydrogen) atoms. The summed E-state index contributed by atoms with van der Waals surface area (Å²) in [6.45, 7) is 6.11. The molecule has 1 heterocycles. The molecule has 0 aliphatic carbocycles. The number of benzene rings is 1. The van der Waals surface area contributed by atoms with E-state index in [-0.39, 0.29) is 17.4 Å². The number of hydrogen-bond donors (Lipinski definition) is 2. The monoisotopic (exact) mass is 352 g/mol. The molecule has 1 atom stereocenters. The Hall–Kier alpha value is -0.870. The summed E-state index contributed by atoms with van der Waals surface area (Å²) >= 11 is 3.44. The number of rotatable bonds is 5. The third kappa shape index (κ3) is 4.30. The highest BCUT2D eigenvalue weighted by atomic mass is 79.9. The van der Waals surface area contributed by atoms with Crippen molar-refractivity contribution in [1.29, 1.82) is 0 Å². The average Bonchev–Trinajstić information content (AvgIpc) is 2.50. The van der Waals surface area contributed by atoms with Crippen LogP contribution in [0, 0.1) is 5.41 Å². The van der Waals surface area contributed by atoms with Gasteiger partial charge < -0.3 is 10.6 Å². The molecule has 2 N–H and O–H groups in total. The maximum absolute atomic E-state index is 12.7. The predicted octanol–water partition coefficient (Wildman–Crippen LogP) is 3.28. The van der Waals surface area contributed by atoms with Crippen LogP contribution < -0.4 is 10.6 Å². The Morgan fingerprint density at radius 3 is 2.52 bits per heavy atom. The zero-order valence-corrected chi connectivity index (χ0v) is 14.5. The molecule has 0 spiro atoms. The normalized spacial score (nSPS) is 19.0. The van der Waals surface area contributed by atoms with Crippen LogP contribution in [0.25, 0.3) is 0 Å². The summed E-state index contributed by atoms with van der Waals surface area (Å²) in [5, 5.41) is 6.57. The van der Waals surface area contributed by atoms with Crippen LogP contribution in [0.4, 0.5) is 0 Å². The first kappa shape index (κ1) is 16.5. The SMILES string of the molecule is CCC1(C(=O)NC(C)Cc2ccc(Br)cc2)CCNCC1. The maximum atomic E-state index is 12.7. The van der Waals surface area contributed by atoms with Gasteiger partial charge in [-0.1, -0.05) is 35.0 Å². The zero-order valence-electron chi connectivity index (χ0n) is 12.9. The molecule has 1 unspecified atom stereocenters. The fourth-order valence-electron chi connectivity index (χ4n) is 3.05. The van der Waals surface area contributed by atoms with E-state index in [2.05, 4.69) is 52.5 Å². The van der Waals surface area contributed by atoms with Crippen molar-refractivity contribution in [3.63, 3.8) is 0 Å². The average molecular weight is 353 g/mol. The number of hydrogen-bond acceptors (Lipinski definition) is 2. The van der Waals surface area contributed by atoms with E-state index in [0.717, 1.165) is 43.2 Å². The zero-order chi connectivity index (χ0) is 15.3. The van der Waals surface area contributed by atoms with Gasteiger partial charge in [-0.3, -0.25) is 4.79 Å². The van der Waals surface area contributed by atoms with Gasteiger partial charge in [0.1, 0.15) is 0 Å². The smallest absolute Gasteiger partial charge is 0.226 e. The lowest BCUT2D eigenvalue weighted by molar-refractivity contribution is -0.133. The Balaban J connectivity index is 1.93. The van der Waals surface area contributed by atoms with E-state index in [1.165, 1.54) is 5.56 Å². The second kappa shape index (κ2) is 7.41. The minimum absolute atomic E-state index is 0.164. The molecule has 116 valence electrons. The van der Waals surface area contributed by atoms with Crippen molar-refractivity contribution in [2.75, 3.05) is 13.1 Å². The lowest BCUT2D eigenvalue weighted by atomic mass is 9.75. The fraction of sp³-hybridized carbons (Fsp3) is 0.588. The van der Waals surface area contributed by atoms with Gasteiger partial charge in [0.15, 0.2) is 0 Å². The van der Waals surface area contributed by atoms with Crippen molar-refractivity contribution in [3.8, 4) is 0 Å². The first-order chi connectivity index (χ1) is 10.1. The molecule has 1 saturated heterocycles. The number of carbonyl (C=O) groups is 1. The molecule has 0 radical (unpaired) electrons. The van der Waals surface area contributed by atoms with Crippen molar-refractivity contribution in [3.05, 3.63) is 34.3 Å². The topological polar surface area (TPSA) is 41.1 Å². The maximum Gasteiger partial charge on any atom is 0.226 e. The minimum Gasteiger partial charge on any atom is -0.353 e. The molecular formula is C17H25BrN2O. The molecule has 4 heteroatoms. The first-order valence-corrected chi connectivity index (χ1v) is 8.61. The summed E-state index contributed by atoms with van der Waals surface area (Å²) < 4.78 is 1.09. The van der Waals surface area contributed by atoms with Gasteiger partial charge in [0, 0.05) is 10.5 Å². The van der Waals surface area contributed by atoms with Crippen molar-refractivity contribution in [2.45, 2.75) is 45.6 Å². The van der Waals surface area contributed by atoms with E-state index in [1.54, 1.807) is 0 Å². The lowest BCUT2D eigenvalue weighted by Crippen LogP contribution is -2.49. The molecule has 3 nitrogen and oxygen atoms in total. The molecular weight excluding hydrogens is 328 g/mol. The molecule has 1 amide bonds. The summed E-state index contributed by atoms with van der Waals surface area (Å²) in [6.07, 6.45) is 3.68. The van der Waals surface area contributed by atoms with Crippen molar-refractivity contribution < 1.29 is 4.79 Å². The van der Waals surface area contributed by atoms with Crippen LogP contribution >= 0.6 is 15.9 Å². The van der Waals surface area contributed by atoms with Gasteiger partial charge in [0.25, 0.3) is 0 Å². The lowest BCUT2D eigenvalue weighted by Gasteiger charge is -2.36. The van der Waals surface area contributed by atoms with Gasteiger partial charge in [0.05, 0.1) is 5.41 Å². The largest absolute Gasteiger partial charge is 0.353 e. The van der Waals surface area contributed by atoms with Crippen LogP contribution in [-0.2, 0) is 11.2 Å². The third-order valence-electron chi connectivity index (χ3n) is 4.55. The molecule has 0 aromatic heterocycles. The van der Waals surface area contributed by atoms with Crippen LogP contribution in [0.2, 0.25) is 0 Å². The fourth-order valence-corrected chi connectivity index (χ4v) is 3.31. The Morgan fingerprint density at radius 2 is 1.95 bits per heavy atom. The molecule has 2 rings (SSSR count). The van der Waals surface area contributed by atoms with Crippen LogP contribution in [0.3, 0.4) is 0 Å². The number of carbonyl (C=O) groups excluding carboxylic acids is 1. The molecule has 1 aromatic carbocycles. The highest BCUT2D eigenvalue weighted by Crippen LogP contribution is 2.32. The Morgan fingerprint density at radius 1 is 1.33 bits per heavy atom. The molecule has 1 aliphatic heterocycles. The summed E-state index contributed by atoms with van der Waals surface area (Å²) in [6, 6.07) is 8.46. The van der Waals surface area contributed by atoms with E-state index in [0.29, 0.717) is 0 Å². The van der Waals surface area contributed by atoms with Gasteiger partial charge in [0.2, 0.25) is 5.91 Å². The quantitative estimate of drug-likeness (QED) is 0.853. The van der Waals surface area contributed by atoms with Gasteiger partial charge in [-0.25, -0.2) is 0 Å². The van der Waals surface area contributed by atoms with Gasteiger partial charge in [-0.2, -0.15) is 0 Å². The van der Waals surface area contributed by atoms with Crippen molar-refractivity contribution >= 4 is 21.8 Å². The van der Waals surface area contributed by atoms with Gasteiger partial charge in [-0.05, 0) is 63.4 Å². The molecule has 1 aliphatic rings. The number of nitrogens with one attached hydrogen (secondary N) is 2. The van der Waals surface area contributed by atoms with Crippen molar-refractivity contribution in [2.24, 2.45) is 5.41 Å². The Bertz CT molecular complexity index is 466. The molecule has 0 bridgehead atoms. The van der Waals surface area contributed by atoms with Crippen LogP contribution in [0.15, 0.2) is 28.7 Å². The van der Waals surface area contributed by atoms with E-state index >= 15 is 0 Å². The van der Waals surface area contributed by atoms with Crippen LogP contribution in [0.5, 0.6) is 0 Å². The Labute approximate surface area is 136 Å². The van der Waals surface area contributed by atoms with Crippen molar-refractivity contribution in [1.82, 2.24) is 10.6 Å². The number of piperidine rings is 1. The second-order valence-corrected chi connectivity index (χ2v) is 7.00. The van der Waals surface area contributed by atoms with Crippen LogP contribution in [-0.4, -0.2) is 25.0 Å². The predicted molar refractivity (Wildman–Crippen MR) is 90.3 cm³/mol. The molecule has 1 fully saturated rings. The first-order valence-electron chi connectivity index (χ1n) is 7.82. The summed E-state index contributed by atoms with van der Waals surface area (Å²) in [4.78, 5) is 12.7. The molecule has 0 saturated carbocycles. The van der Waals surface area contributed by atoms with E-state index in [9.17, 15) is 4.79 Å². The van der Waals surface area contributed by atoms with Crippen LogP contribution in [0.1, 0.15) is 38.7 Å². The van der Waals surface area contributed by atoms with Gasteiger partial charge in [-0.15, -0.1) is 0 Å². The summed E-state index contributed by atoms with van der Waals surface area (Å²) in [7, 11) is 0. The highest BCUT2D eigenvalue weighted by Gasteiger charge is 2.37. The van der Waals surface area contributed by atoms with E-state index in [1.807, 2.05) is 12.1 Å². The standard InChI is InChI=1S/C17H25BrN2O/c1-3-17(8-10-19-11-9-17)16(21)20-13(2)12-14-4-6-15(18)7-5-14/h4-7,13,19H,3,8-12H2,1-2H3,(H,20,21). The van der Waals surface area contributed by atoms with E-state index in [4.69, 9.17) is 0 Å². The summed E-state index contributed by atoms with van der Waals surface area (Å²) in [5.41, 5.74) is 1.08. The Kier molecular flexibility index (Phi) is 5.82. The summed E-state index contributed by atoms with van der Waals surface area (Å²) in [5.74, 6) is 0.233. The second-order valence-electron chi connectivity index (χ2n) is 6.09. The van der Waals surface area contributed by atoms with E-state index < -0.39 is 0 Å². The third-order valence-corrected chi connectivity index (χ3v) is 5.08.